The molecule has 3 nitrogen and oxygen atoms in total. The quantitative estimate of drug-likeness (QED) is 0.605. The van der Waals surface area contributed by atoms with Crippen LogP contribution in [0.2, 0.25) is 0 Å². The molecule has 1 fully saturated rings. The summed E-state index contributed by atoms with van der Waals surface area (Å²) in [7, 11) is 0. The van der Waals surface area contributed by atoms with E-state index in [-0.39, 0.29) is 5.91 Å². The van der Waals surface area contributed by atoms with Crippen molar-refractivity contribution in [3.8, 4) is 0 Å². The Labute approximate surface area is 73.4 Å². The standard InChI is InChI=1S/C9H16N2O/c1-3-4-9(12)11-6-5-10-7-8(11)2/h3,8,10H,1,4-7H2,2H3/t8-/m1/s1. The van der Waals surface area contributed by atoms with Crippen LogP contribution in [-0.2, 0) is 4.79 Å². The maximum atomic E-state index is 11.4. The fraction of sp³-hybridized carbons (Fsp3) is 0.667. The van der Waals surface area contributed by atoms with Gasteiger partial charge >= 0.3 is 0 Å². The molecule has 0 spiro atoms. The van der Waals surface area contributed by atoms with Crippen LogP contribution in [0.25, 0.3) is 0 Å². The first-order valence-corrected chi connectivity index (χ1v) is 4.36. The van der Waals surface area contributed by atoms with Crippen LogP contribution in [0.5, 0.6) is 0 Å². The van der Waals surface area contributed by atoms with Crippen LogP contribution < -0.4 is 5.32 Å². The van der Waals surface area contributed by atoms with Crippen LogP contribution in [0.4, 0.5) is 0 Å². The van der Waals surface area contributed by atoms with Crippen molar-refractivity contribution in [3.63, 3.8) is 0 Å². The molecular weight excluding hydrogens is 152 g/mol. The van der Waals surface area contributed by atoms with Crippen molar-refractivity contribution in [1.29, 1.82) is 0 Å². The predicted molar refractivity (Wildman–Crippen MR) is 48.9 cm³/mol. The number of piperazine rings is 1. The average molecular weight is 168 g/mol. The van der Waals surface area contributed by atoms with Gasteiger partial charge in [0.25, 0.3) is 0 Å². The van der Waals surface area contributed by atoms with E-state index < -0.39 is 0 Å². The number of amides is 1. The molecule has 1 saturated heterocycles. The van der Waals surface area contributed by atoms with Crippen LogP contribution >= 0.6 is 0 Å². The zero-order chi connectivity index (χ0) is 8.97. The Morgan fingerprint density at radius 1 is 1.83 bits per heavy atom. The zero-order valence-corrected chi connectivity index (χ0v) is 7.55. The Balaban J connectivity index is 2.47. The van der Waals surface area contributed by atoms with Gasteiger partial charge in [0.1, 0.15) is 0 Å². The van der Waals surface area contributed by atoms with Gasteiger partial charge in [-0.3, -0.25) is 4.79 Å². The molecule has 68 valence electrons. The highest BCUT2D eigenvalue weighted by atomic mass is 16.2. The molecule has 12 heavy (non-hydrogen) atoms. The summed E-state index contributed by atoms with van der Waals surface area (Å²) in [4.78, 5) is 13.4. The molecule has 1 atom stereocenters. The van der Waals surface area contributed by atoms with E-state index in [2.05, 4.69) is 18.8 Å². The largest absolute Gasteiger partial charge is 0.337 e. The summed E-state index contributed by atoms with van der Waals surface area (Å²) in [6.07, 6.45) is 2.13. The number of rotatable bonds is 2. The van der Waals surface area contributed by atoms with Gasteiger partial charge in [0.15, 0.2) is 0 Å². The Morgan fingerprint density at radius 3 is 3.17 bits per heavy atom. The Morgan fingerprint density at radius 2 is 2.58 bits per heavy atom. The number of hydrogen-bond donors (Lipinski definition) is 1. The minimum atomic E-state index is 0.194. The number of carbonyl (C=O) groups excluding carboxylic acids is 1. The van der Waals surface area contributed by atoms with E-state index in [9.17, 15) is 4.79 Å². The number of hydrogen-bond acceptors (Lipinski definition) is 2. The molecule has 1 amide bonds. The Kier molecular flexibility index (Phi) is 3.29. The third-order valence-corrected chi connectivity index (χ3v) is 2.14. The van der Waals surface area contributed by atoms with E-state index in [1.54, 1.807) is 6.08 Å². The van der Waals surface area contributed by atoms with Gasteiger partial charge in [0, 0.05) is 32.1 Å². The van der Waals surface area contributed by atoms with Gasteiger partial charge in [-0.05, 0) is 6.92 Å². The molecular formula is C9H16N2O. The van der Waals surface area contributed by atoms with E-state index in [1.807, 2.05) is 4.90 Å². The average Bonchev–Trinajstić information content (AvgIpc) is 2.05. The zero-order valence-electron chi connectivity index (χ0n) is 7.55. The monoisotopic (exact) mass is 168 g/mol. The molecule has 0 aliphatic carbocycles. The van der Waals surface area contributed by atoms with Crippen LogP contribution in [0.3, 0.4) is 0 Å². The normalized spacial score (nSPS) is 23.8. The highest BCUT2D eigenvalue weighted by molar-refractivity contribution is 5.78. The van der Waals surface area contributed by atoms with Crippen molar-refractivity contribution in [1.82, 2.24) is 10.2 Å². The number of carbonyl (C=O) groups is 1. The molecule has 0 aromatic rings. The van der Waals surface area contributed by atoms with Gasteiger partial charge in [-0.25, -0.2) is 0 Å². The molecule has 0 aromatic heterocycles. The summed E-state index contributed by atoms with van der Waals surface area (Å²) in [5, 5.41) is 3.24. The van der Waals surface area contributed by atoms with E-state index in [4.69, 9.17) is 0 Å². The summed E-state index contributed by atoms with van der Waals surface area (Å²) < 4.78 is 0. The van der Waals surface area contributed by atoms with E-state index >= 15 is 0 Å². The first kappa shape index (κ1) is 9.26. The molecule has 0 unspecified atom stereocenters. The SMILES string of the molecule is C=CCC(=O)N1CCNC[C@H]1C. The molecule has 0 saturated carbocycles. The van der Waals surface area contributed by atoms with Gasteiger partial charge in [-0.1, -0.05) is 6.08 Å². The minimum Gasteiger partial charge on any atom is -0.337 e. The van der Waals surface area contributed by atoms with Gasteiger partial charge in [-0.2, -0.15) is 0 Å². The van der Waals surface area contributed by atoms with Gasteiger partial charge in [0.05, 0.1) is 0 Å². The van der Waals surface area contributed by atoms with Crippen molar-refractivity contribution in [2.75, 3.05) is 19.6 Å². The first-order chi connectivity index (χ1) is 5.75. The Bertz CT molecular complexity index is 179. The van der Waals surface area contributed by atoms with Crippen LogP contribution in [0, 0.1) is 0 Å². The minimum absolute atomic E-state index is 0.194. The molecule has 1 aliphatic heterocycles. The molecule has 0 radical (unpaired) electrons. The van der Waals surface area contributed by atoms with Crippen molar-refractivity contribution in [3.05, 3.63) is 12.7 Å². The molecule has 3 heteroatoms. The summed E-state index contributed by atoms with van der Waals surface area (Å²) in [6, 6.07) is 0.325. The highest BCUT2D eigenvalue weighted by Crippen LogP contribution is 2.04. The lowest BCUT2D eigenvalue weighted by Gasteiger charge is -2.33. The van der Waals surface area contributed by atoms with E-state index in [1.165, 1.54) is 0 Å². The summed E-state index contributed by atoms with van der Waals surface area (Å²) in [5.74, 6) is 0.194. The fourth-order valence-corrected chi connectivity index (χ4v) is 1.45. The third kappa shape index (κ3) is 2.08. The lowest BCUT2D eigenvalue weighted by Crippen LogP contribution is -2.52. The van der Waals surface area contributed by atoms with Gasteiger partial charge in [-0.15, -0.1) is 6.58 Å². The van der Waals surface area contributed by atoms with Crippen molar-refractivity contribution < 1.29 is 4.79 Å². The molecule has 1 aliphatic rings. The number of nitrogens with one attached hydrogen (secondary N) is 1. The van der Waals surface area contributed by atoms with Crippen molar-refractivity contribution >= 4 is 5.91 Å². The fourth-order valence-electron chi connectivity index (χ4n) is 1.45. The van der Waals surface area contributed by atoms with Crippen molar-refractivity contribution in [2.45, 2.75) is 19.4 Å². The number of nitrogens with zero attached hydrogens (tertiary/aromatic N) is 1. The maximum Gasteiger partial charge on any atom is 0.226 e. The summed E-state index contributed by atoms with van der Waals surface area (Å²) >= 11 is 0. The highest BCUT2D eigenvalue weighted by Gasteiger charge is 2.21. The third-order valence-electron chi connectivity index (χ3n) is 2.14. The summed E-state index contributed by atoms with van der Waals surface area (Å²) in [6.45, 7) is 8.26. The Hall–Kier alpha value is -0.830. The lowest BCUT2D eigenvalue weighted by molar-refractivity contribution is -0.132. The summed E-state index contributed by atoms with van der Waals surface area (Å²) in [5.41, 5.74) is 0. The molecule has 0 aromatic carbocycles. The van der Waals surface area contributed by atoms with E-state index in [0.29, 0.717) is 12.5 Å². The van der Waals surface area contributed by atoms with Crippen LogP contribution in [0.15, 0.2) is 12.7 Å². The maximum absolute atomic E-state index is 11.4. The van der Waals surface area contributed by atoms with Gasteiger partial charge in [0.2, 0.25) is 5.91 Å². The molecule has 1 heterocycles. The van der Waals surface area contributed by atoms with Crippen molar-refractivity contribution in [2.24, 2.45) is 0 Å². The second kappa shape index (κ2) is 4.26. The van der Waals surface area contributed by atoms with E-state index in [0.717, 1.165) is 19.6 Å². The lowest BCUT2D eigenvalue weighted by atomic mass is 10.2. The topological polar surface area (TPSA) is 32.3 Å². The molecule has 0 bridgehead atoms. The predicted octanol–water partition coefficient (Wildman–Crippen LogP) is 0.383. The first-order valence-electron chi connectivity index (χ1n) is 4.36. The van der Waals surface area contributed by atoms with Crippen LogP contribution in [-0.4, -0.2) is 36.5 Å². The molecule has 1 rings (SSSR count). The van der Waals surface area contributed by atoms with Gasteiger partial charge < -0.3 is 10.2 Å². The van der Waals surface area contributed by atoms with Crippen LogP contribution in [0.1, 0.15) is 13.3 Å². The second-order valence-corrected chi connectivity index (χ2v) is 3.13. The second-order valence-electron chi connectivity index (χ2n) is 3.13. The smallest absolute Gasteiger partial charge is 0.226 e. The molecule has 1 N–H and O–H groups in total.